The predicted octanol–water partition coefficient (Wildman–Crippen LogP) is 2.48. The van der Waals surface area contributed by atoms with Crippen molar-refractivity contribution in [2.75, 3.05) is 18.4 Å². The number of hydrogen-bond acceptors (Lipinski definition) is 3. The number of benzene rings is 1. The molecule has 20 heavy (non-hydrogen) atoms. The Kier molecular flexibility index (Phi) is 4.89. The molecule has 1 fully saturated rings. The summed E-state index contributed by atoms with van der Waals surface area (Å²) >= 11 is 3.37. The molecule has 1 aromatic rings. The summed E-state index contributed by atoms with van der Waals surface area (Å²) in [4.78, 5) is 0.394. The van der Waals surface area contributed by atoms with Gasteiger partial charge in [0.15, 0.2) is 0 Å². The van der Waals surface area contributed by atoms with Crippen molar-refractivity contribution >= 4 is 26.0 Å². The largest absolute Gasteiger partial charge is 0.372 e. The average Bonchev–Trinajstić information content (AvgIpc) is 2.37. The molecule has 1 aromatic carbocycles. The second kappa shape index (κ2) is 6.13. The molecule has 0 amide bonds. The Morgan fingerprint density at radius 1 is 1.35 bits per heavy atom. The van der Waals surface area contributed by atoms with E-state index in [1.165, 1.54) is 4.31 Å². The molecular weight excluding hydrogens is 342 g/mol. The van der Waals surface area contributed by atoms with Crippen molar-refractivity contribution in [3.05, 3.63) is 29.3 Å². The van der Waals surface area contributed by atoms with E-state index in [0.717, 1.165) is 11.1 Å². The van der Waals surface area contributed by atoms with E-state index in [0.29, 0.717) is 23.3 Å². The zero-order valence-electron chi connectivity index (χ0n) is 12.0. The zero-order chi connectivity index (χ0) is 14.9. The topological polar surface area (TPSA) is 46.6 Å². The van der Waals surface area contributed by atoms with Gasteiger partial charge in [-0.25, -0.2) is 8.42 Å². The van der Waals surface area contributed by atoms with Crippen LogP contribution in [0, 0.1) is 13.8 Å². The molecule has 1 saturated heterocycles. The number of sulfonamides is 1. The molecule has 0 aliphatic carbocycles. The van der Waals surface area contributed by atoms with Gasteiger partial charge >= 0.3 is 0 Å². The summed E-state index contributed by atoms with van der Waals surface area (Å²) < 4.78 is 32.8. The van der Waals surface area contributed by atoms with E-state index in [1.807, 2.05) is 32.9 Å². The van der Waals surface area contributed by atoms with Gasteiger partial charge < -0.3 is 4.74 Å². The fourth-order valence-electron chi connectivity index (χ4n) is 2.51. The third-order valence-electron chi connectivity index (χ3n) is 3.41. The van der Waals surface area contributed by atoms with Crippen LogP contribution in [0.25, 0.3) is 0 Å². The number of alkyl halides is 1. The lowest BCUT2D eigenvalue weighted by molar-refractivity contribution is -0.0411. The van der Waals surface area contributed by atoms with Crippen LogP contribution < -0.4 is 0 Å². The first kappa shape index (κ1) is 15.9. The molecule has 4 nitrogen and oxygen atoms in total. The molecule has 0 N–H and O–H groups in total. The predicted molar refractivity (Wildman–Crippen MR) is 82.8 cm³/mol. The van der Waals surface area contributed by atoms with Gasteiger partial charge in [-0.1, -0.05) is 33.6 Å². The number of aryl methyl sites for hydroxylation is 2. The third-order valence-corrected chi connectivity index (χ3v) is 6.13. The lowest BCUT2D eigenvalue weighted by atomic mass is 10.2. The van der Waals surface area contributed by atoms with Gasteiger partial charge in [0.25, 0.3) is 0 Å². The molecule has 0 spiro atoms. The van der Waals surface area contributed by atoms with E-state index in [4.69, 9.17) is 4.74 Å². The van der Waals surface area contributed by atoms with Crippen LogP contribution in [0.1, 0.15) is 18.1 Å². The highest BCUT2D eigenvalue weighted by Crippen LogP contribution is 2.24. The zero-order valence-corrected chi connectivity index (χ0v) is 14.4. The fourth-order valence-corrected chi connectivity index (χ4v) is 4.62. The van der Waals surface area contributed by atoms with Crippen molar-refractivity contribution in [1.82, 2.24) is 4.31 Å². The van der Waals surface area contributed by atoms with Crippen LogP contribution >= 0.6 is 15.9 Å². The van der Waals surface area contributed by atoms with E-state index in [2.05, 4.69) is 15.9 Å². The summed E-state index contributed by atoms with van der Waals surface area (Å²) in [5.41, 5.74) is 1.86. The molecule has 0 saturated carbocycles. The fraction of sp³-hybridized carbons (Fsp3) is 0.571. The second-order valence-electron chi connectivity index (χ2n) is 5.31. The Bertz CT molecular complexity index is 588. The summed E-state index contributed by atoms with van der Waals surface area (Å²) in [6.45, 7) is 6.50. The molecule has 0 bridgehead atoms. The SMILES string of the molecule is Cc1ccc(S(=O)(=O)N2CC(C)OC(CBr)C2)c(C)c1. The molecule has 0 aromatic heterocycles. The highest BCUT2D eigenvalue weighted by molar-refractivity contribution is 9.09. The molecule has 1 aliphatic heterocycles. The molecule has 1 heterocycles. The van der Waals surface area contributed by atoms with E-state index < -0.39 is 10.0 Å². The van der Waals surface area contributed by atoms with Gasteiger partial charge in [0.1, 0.15) is 0 Å². The second-order valence-corrected chi connectivity index (χ2v) is 7.87. The highest BCUT2D eigenvalue weighted by Gasteiger charge is 2.34. The van der Waals surface area contributed by atoms with Crippen LogP contribution in [0.2, 0.25) is 0 Å². The first-order chi connectivity index (χ1) is 9.34. The van der Waals surface area contributed by atoms with Gasteiger partial charge in [0.2, 0.25) is 10.0 Å². The number of rotatable bonds is 3. The first-order valence-corrected chi connectivity index (χ1v) is 9.19. The maximum absolute atomic E-state index is 12.8. The Morgan fingerprint density at radius 2 is 2.05 bits per heavy atom. The van der Waals surface area contributed by atoms with Gasteiger partial charge in [-0.05, 0) is 32.4 Å². The smallest absolute Gasteiger partial charge is 0.243 e. The molecule has 6 heteroatoms. The summed E-state index contributed by atoms with van der Waals surface area (Å²) in [5, 5.41) is 0.635. The Labute approximate surface area is 129 Å². The number of hydrogen-bond donors (Lipinski definition) is 0. The third kappa shape index (κ3) is 3.24. The number of halogens is 1. The Hall–Kier alpha value is -0.430. The van der Waals surface area contributed by atoms with Crippen molar-refractivity contribution in [1.29, 1.82) is 0 Å². The summed E-state index contributed by atoms with van der Waals surface area (Å²) in [5.74, 6) is 0. The summed E-state index contributed by atoms with van der Waals surface area (Å²) in [6, 6.07) is 5.44. The van der Waals surface area contributed by atoms with Crippen LogP contribution in [-0.4, -0.2) is 43.4 Å². The van der Waals surface area contributed by atoms with E-state index in [9.17, 15) is 8.42 Å². The van der Waals surface area contributed by atoms with Gasteiger partial charge in [-0.2, -0.15) is 4.31 Å². The molecule has 2 rings (SSSR count). The molecule has 112 valence electrons. The normalized spacial score (nSPS) is 24.8. The Balaban J connectivity index is 2.34. The molecule has 2 atom stereocenters. The van der Waals surface area contributed by atoms with Crippen LogP contribution in [0.4, 0.5) is 0 Å². The summed E-state index contributed by atoms with van der Waals surface area (Å²) in [7, 11) is -3.45. The van der Waals surface area contributed by atoms with E-state index in [1.54, 1.807) is 6.07 Å². The highest BCUT2D eigenvalue weighted by atomic mass is 79.9. The van der Waals surface area contributed by atoms with Crippen molar-refractivity contribution < 1.29 is 13.2 Å². The minimum absolute atomic E-state index is 0.0909. The van der Waals surface area contributed by atoms with E-state index >= 15 is 0 Å². The molecule has 0 radical (unpaired) electrons. The maximum Gasteiger partial charge on any atom is 0.243 e. The van der Waals surface area contributed by atoms with Crippen molar-refractivity contribution in [3.8, 4) is 0 Å². The quantitative estimate of drug-likeness (QED) is 0.777. The van der Waals surface area contributed by atoms with Crippen molar-refractivity contribution in [2.24, 2.45) is 0 Å². The van der Waals surface area contributed by atoms with E-state index in [-0.39, 0.29) is 12.2 Å². The Morgan fingerprint density at radius 3 is 2.65 bits per heavy atom. The molecular formula is C14H20BrNO3S. The lowest BCUT2D eigenvalue weighted by Gasteiger charge is -2.35. The minimum atomic E-state index is -3.45. The lowest BCUT2D eigenvalue weighted by Crippen LogP contribution is -2.49. The standard InChI is InChI=1S/C14H20BrNO3S/c1-10-4-5-14(11(2)6-10)20(17,18)16-8-12(3)19-13(7-15)9-16/h4-6,12-13H,7-9H2,1-3H3. The molecule has 2 unspecified atom stereocenters. The van der Waals surface area contributed by atoms with Crippen molar-refractivity contribution in [2.45, 2.75) is 37.9 Å². The van der Waals surface area contributed by atoms with Gasteiger partial charge in [-0.15, -0.1) is 0 Å². The van der Waals surface area contributed by atoms with Gasteiger partial charge in [-0.3, -0.25) is 0 Å². The van der Waals surface area contributed by atoms with Crippen LogP contribution in [-0.2, 0) is 14.8 Å². The number of nitrogens with zero attached hydrogens (tertiary/aromatic N) is 1. The maximum atomic E-state index is 12.8. The minimum Gasteiger partial charge on any atom is -0.372 e. The molecule has 1 aliphatic rings. The van der Waals surface area contributed by atoms with Crippen LogP contribution in [0.3, 0.4) is 0 Å². The first-order valence-electron chi connectivity index (χ1n) is 6.63. The van der Waals surface area contributed by atoms with Crippen LogP contribution in [0.5, 0.6) is 0 Å². The van der Waals surface area contributed by atoms with Gasteiger partial charge in [0, 0.05) is 18.4 Å². The monoisotopic (exact) mass is 361 g/mol. The summed E-state index contributed by atoms with van der Waals surface area (Å²) in [6.07, 6.45) is -0.189. The van der Waals surface area contributed by atoms with Crippen molar-refractivity contribution in [3.63, 3.8) is 0 Å². The van der Waals surface area contributed by atoms with Crippen LogP contribution in [0.15, 0.2) is 23.1 Å². The number of ether oxygens (including phenoxy) is 1. The van der Waals surface area contributed by atoms with Gasteiger partial charge in [0.05, 0.1) is 17.1 Å². The average molecular weight is 362 g/mol. The number of morpholine rings is 1.